The van der Waals surface area contributed by atoms with E-state index in [1.165, 1.54) is 0 Å². The van der Waals surface area contributed by atoms with E-state index in [0.717, 1.165) is 15.9 Å². The van der Waals surface area contributed by atoms with E-state index in [0.29, 0.717) is 5.15 Å². The van der Waals surface area contributed by atoms with Crippen LogP contribution in [0.5, 0.6) is 0 Å². The first-order chi connectivity index (χ1) is 5.27. The average Bonchev–Trinajstić information content (AvgIpc) is 2.33. The van der Waals surface area contributed by atoms with Crippen molar-refractivity contribution in [1.29, 1.82) is 0 Å². The first-order valence-electron chi connectivity index (χ1n) is 3.14. The van der Waals surface area contributed by atoms with Gasteiger partial charge < -0.3 is 0 Å². The van der Waals surface area contributed by atoms with Crippen molar-refractivity contribution in [3.8, 4) is 0 Å². The van der Waals surface area contributed by atoms with Crippen LogP contribution in [0, 0.1) is 6.92 Å². The third-order valence-corrected chi connectivity index (χ3v) is 2.61. The minimum atomic E-state index is 0.457. The smallest absolute Gasteiger partial charge is 0.148 e. The highest BCUT2D eigenvalue weighted by Gasteiger charge is 2.02. The van der Waals surface area contributed by atoms with Crippen molar-refractivity contribution in [3.63, 3.8) is 0 Å². The Morgan fingerprint density at radius 2 is 2.36 bits per heavy atom. The molecule has 2 aromatic rings. The van der Waals surface area contributed by atoms with Crippen LogP contribution in [-0.4, -0.2) is 9.97 Å². The normalized spacial score (nSPS) is 10.7. The van der Waals surface area contributed by atoms with Gasteiger partial charge in [0.1, 0.15) is 15.5 Å². The highest BCUT2D eigenvalue weighted by atomic mass is 35.5. The quantitative estimate of drug-likeness (QED) is 0.629. The first-order valence-corrected chi connectivity index (χ1v) is 4.39. The molecule has 11 heavy (non-hydrogen) atoms. The summed E-state index contributed by atoms with van der Waals surface area (Å²) < 4.78 is 0. The van der Waals surface area contributed by atoms with Gasteiger partial charge in [-0.25, -0.2) is 9.97 Å². The van der Waals surface area contributed by atoms with E-state index in [4.69, 9.17) is 11.6 Å². The zero-order valence-corrected chi connectivity index (χ0v) is 7.41. The van der Waals surface area contributed by atoms with Crippen molar-refractivity contribution in [2.45, 2.75) is 6.92 Å². The van der Waals surface area contributed by atoms with Crippen molar-refractivity contribution in [3.05, 3.63) is 22.3 Å². The molecule has 0 aliphatic rings. The van der Waals surface area contributed by atoms with Crippen molar-refractivity contribution in [2.75, 3.05) is 0 Å². The Morgan fingerprint density at radius 3 is 3.18 bits per heavy atom. The second-order valence-electron chi connectivity index (χ2n) is 2.27. The van der Waals surface area contributed by atoms with Gasteiger partial charge >= 0.3 is 0 Å². The number of aromatic nitrogens is 2. The lowest BCUT2D eigenvalue weighted by molar-refractivity contribution is 1.30. The standard InChI is InChI=1S/C7H5ClN2S/c1-4-3-11-7-6(4)10-5(8)2-9-7/h2-3H,1H3. The molecule has 0 saturated carbocycles. The third-order valence-electron chi connectivity index (χ3n) is 1.43. The van der Waals surface area contributed by atoms with E-state index >= 15 is 0 Å². The number of hydrogen-bond donors (Lipinski definition) is 0. The van der Waals surface area contributed by atoms with E-state index in [-0.39, 0.29) is 0 Å². The fourth-order valence-electron chi connectivity index (χ4n) is 0.900. The maximum Gasteiger partial charge on any atom is 0.148 e. The van der Waals surface area contributed by atoms with E-state index in [9.17, 15) is 0 Å². The minimum absolute atomic E-state index is 0.457. The van der Waals surface area contributed by atoms with Gasteiger partial charge in [0.15, 0.2) is 0 Å². The SMILES string of the molecule is Cc1csc2ncc(Cl)nc12. The van der Waals surface area contributed by atoms with Gasteiger partial charge in [0, 0.05) is 0 Å². The maximum absolute atomic E-state index is 5.68. The van der Waals surface area contributed by atoms with Crippen molar-refractivity contribution < 1.29 is 0 Å². The number of nitrogens with zero attached hydrogens (tertiary/aromatic N) is 2. The predicted molar refractivity (Wildman–Crippen MR) is 47.2 cm³/mol. The van der Waals surface area contributed by atoms with Gasteiger partial charge in [0.25, 0.3) is 0 Å². The summed E-state index contributed by atoms with van der Waals surface area (Å²) in [6.45, 7) is 2.00. The van der Waals surface area contributed by atoms with Crippen LogP contribution >= 0.6 is 22.9 Å². The molecule has 0 saturated heterocycles. The molecule has 2 aromatic heterocycles. The molecule has 0 amide bonds. The molecular weight excluding hydrogens is 180 g/mol. The van der Waals surface area contributed by atoms with Crippen LogP contribution in [0.15, 0.2) is 11.6 Å². The minimum Gasteiger partial charge on any atom is -0.240 e. The summed E-state index contributed by atoms with van der Waals surface area (Å²) in [5.41, 5.74) is 2.06. The van der Waals surface area contributed by atoms with Gasteiger partial charge in [0.2, 0.25) is 0 Å². The molecule has 0 aliphatic carbocycles. The van der Waals surface area contributed by atoms with E-state index in [1.54, 1.807) is 17.5 Å². The van der Waals surface area contributed by atoms with E-state index in [1.807, 2.05) is 12.3 Å². The molecule has 0 aliphatic heterocycles. The number of aryl methyl sites for hydroxylation is 1. The van der Waals surface area contributed by atoms with Gasteiger partial charge in [-0.3, -0.25) is 0 Å². The number of hydrogen-bond acceptors (Lipinski definition) is 3. The summed E-state index contributed by atoms with van der Waals surface area (Å²) in [7, 11) is 0. The molecular formula is C7H5ClN2S. The predicted octanol–water partition coefficient (Wildman–Crippen LogP) is 2.65. The summed E-state index contributed by atoms with van der Waals surface area (Å²) in [5, 5.41) is 2.49. The van der Waals surface area contributed by atoms with E-state index < -0.39 is 0 Å². The van der Waals surface area contributed by atoms with Crippen molar-refractivity contribution >= 4 is 33.3 Å². The van der Waals surface area contributed by atoms with Crippen LogP contribution in [0.1, 0.15) is 5.56 Å². The topological polar surface area (TPSA) is 25.8 Å². The molecule has 0 atom stereocenters. The summed E-state index contributed by atoms with van der Waals surface area (Å²) in [4.78, 5) is 9.23. The Morgan fingerprint density at radius 1 is 1.55 bits per heavy atom. The Kier molecular flexibility index (Phi) is 1.55. The second kappa shape index (κ2) is 2.43. The van der Waals surface area contributed by atoms with Gasteiger partial charge in [0.05, 0.1) is 6.20 Å². The average molecular weight is 185 g/mol. The third kappa shape index (κ3) is 1.10. The lowest BCUT2D eigenvalue weighted by Gasteiger charge is -1.89. The molecule has 0 aromatic carbocycles. The summed E-state index contributed by atoms with van der Waals surface area (Å²) >= 11 is 7.27. The Labute approximate surface area is 72.9 Å². The summed E-state index contributed by atoms with van der Waals surface area (Å²) in [5.74, 6) is 0. The fraction of sp³-hybridized carbons (Fsp3) is 0.143. The molecule has 2 rings (SSSR count). The molecule has 0 N–H and O–H groups in total. The molecule has 2 nitrogen and oxygen atoms in total. The maximum atomic E-state index is 5.68. The van der Waals surface area contributed by atoms with Gasteiger partial charge in [-0.1, -0.05) is 11.6 Å². The van der Waals surface area contributed by atoms with E-state index in [2.05, 4.69) is 9.97 Å². The van der Waals surface area contributed by atoms with Crippen LogP contribution in [0.3, 0.4) is 0 Å². The number of fused-ring (bicyclic) bond motifs is 1. The van der Waals surface area contributed by atoms with Crippen LogP contribution in [0.25, 0.3) is 10.3 Å². The van der Waals surface area contributed by atoms with Crippen molar-refractivity contribution in [2.24, 2.45) is 0 Å². The van der Waals surface area contributed by atoms with Crippen LogP contribution < -0.4 is 0 Å². The molecule has 0 unspecified atom stereocenters. The van der Waals surface area contributed by atoms with Gasteiger partial charge in [-0.05, 0) is 17.9 Å². The van der Waals surface area contributed by atoms with Crippen LogP contribution in [0.4, 0.5) is 0 Å². The number of rotatable bonds is 0. The Bertz CT molecular complexity index is 396. The van der Waals surface area contributed by atoms with Crippen LogP contribution in [-0.2, 0) is 0 Å². The molecule has 0 fully saturated rings. The lowest BCUT2D eigenvalue weighted by atomic mass is 10.3. The monoisotopic (exact) mass is 184 g/mol. The molecule has 2 heterocycles. The molecule has 4 heteroatoms. The molecule has 0 spiro atoms. The zero-order chi connectivity index (χ0) is 7.84. The summed E-state index contributed by atoms with van der Waals surface area (Å²) in [6.07, 6.45) is 1.57. The van der Waals surface area contributed by atoms with Gasteiger partial charge in [-0.15, -0.1) is 11.3 Å². The molecule has 0 radical (unpaired) electrons. The zero-order valence-electron chi connectivity index (χ0n) is 5.84. The lowest BCUT2D eigenvalue weighted by Crippen LogP contribution is -1.79. The highest BCUT2D eigenvalue weighted by molar-refractivity contribution is 7.16. The molecule has 56 valence electrons. The first kappa shape index (κ1) is 7.00. The summed E-state index contributed by atoms with van der Waals surface area (Å²) in [6, 6.07) is 0. The number of halogens is 1. The van der Waals surface area contributed by atoms with Gasteiger partial charge in [-0.2, -0.15) is 0 Å². The van der Waals surface area contributed by atoms with Crippen LogP contribution in [0.2, 0.25) is 5.15 Å². The second-order valence-corrected chi connectivity index (χ2v) is 3.51. The Balaban J connectivity index is 2.87. The Hall–Kier alpha value is -0.670. The fourth-order valence-corrected chi connectivity index (χ4v) is 1.86. The number of thiophene rings is 1. The highest BCUT2D eigenvalue weighted by Crippen LogP contribution is 2.22. The largest absolute Gasteiger partial charge is 0.240 e. The molecule has 0 bridgehead atoms. The van der Waals surface area contributed by atoms with Crippen molar-refractivity contribution in [1.82, 2.24) is 9.97 Å².